The number of anilines is 1. The molecule has 0 atom stereocenters. The molecule has 8 heteroatoms. The van der Waals surface area contributed by atoms with Crippen LogP contribution in [0.15, 0.2) is 48.5 Å². The van der Waals surface area contributed by atoms with Crippen molar-refractivity contribution in [2.75, 3.05) is 31.1 Å². The molecule has 1 saturated heterocycles. The number of rotatable bonds is 5. The Balaban J connectivity index is 1.35. The van der Waals surface area contributed by atoms with Gasteiger partial charge in [-0.15, -0.1) is 5.10 Å². The van der Waals surface area contributed by atoms with Crippen molar-refractivity contribution in [1.82, 2.24) is 25.1 Å². The molecular weight excluding hydrogens is 350 g/mol. The van der Waals surface area contributed by atoms with Gasteiger partial charge >= 0.3 is 0 Å². The molecule has 2 aromatic carbocycles. The second-order valence-corrected chi connectivity index (χ2v) is 6.62. The number of hydrogen-bond donors (Lipinski definition) is 0. The lowest BCUT2D eigenvalue weighted by Gasteiger charge is -2.35. The molecule has 0 aliphatic carbocycles. The second-order valence-electron chi connectivity index (χ2n) is 6.62. The molecule has 0 N–H and O–H groups in total. The number of tetrazole rings is 1. The minimum absolute atomic E-state index is 0.217. The molecular formula is C19H20F2N6. The van der Waals surface area contributed by atoms with Crippen molar-refractivity contribution >= 4 is 5.69 Å². The van der Waals surface area contributed by atoms with Gasteiger partial charge in [-0.25, -0.2) is 13.5 Å². The molecule has 0 saturated carbocycles. The minimum Gasteiger partial charge on any atom is -0.369 e. The monoisotopic (exact) mass is 370 g/mol. The van der Waals surface area contributed by atoms with E-state index in [2.05, 4.69) is 25.3 Å². The lowest BCUT2D eigenvalue weighted by atomic mass is 10.2. The van der Waals surface area contributed by atoms with Crippen molar-refractivity contribution in [2.24, 2.45) is 0 Å². The quantitative estimate of drug-likeness (QED) is 0.690. The SMILES string of the molecule is Fc1ccc(Cn2nnnc2CN2CCN(c3ccc(F)cc3)CC2)cc1. The molecule has 1 aromatic heterocycles. The van der Waals surface area contributed by atoms with Crippen molar-refractivity contribution < 1.29 is 8.78 Å². The van der Waals surface area contributed by atoms with E-state index in [0.717, 1.165) is 43.3 Å². The summed E-state index contributed by atoms with van der Waals surface area (Å²) in [7, 11) is 0. The van der Waals surface area contributed by atoms with Gasteiger partial charge in [-0.05, 0) is 52.4 Å². The molecule has 1 aliphatic heterocycles. The smallest absolute Gasteiger partial charge is 0.165 e. The summed E-state index contributed by atoms with van der Waals surface area (Å²) in [4.78, 5) is 4.55. The van der Waals surface area contributed by atoms with E-state index >= 15 is 0 Å². The van der Waals surface area contributed by atoms with Gasteiger partial charge in [0, 0.05) is 31.9 Å². The summed E-state index contributed by atoms with van der Waals surface area (Å²) in [6, 6.07) is 13.0. The third-order valence-corrected chi connectivity index (χ3v) is 4.78. The predicted molar refractivity (Wildman–Crippen MR) is 97.2 cm³/mol. The number of nitrogens with zero attached hydrogens (tertiary/aromatic N) is 6. The number of hydrogen-bond acceptors (Lipinski definition) is 5. The van der Waals surface area contributed by atoms with Crippen LogP contribution in [0.5, 0.6) is 0 Å². The van der Waals surface area contributed by atoms with Crippen LogP contribution in [0.25, 0.3) is 0 Å². The summed E-state index contributed by atoms with van der Waals surface area (Å²) in [5, 5.41) is 12.0. The van der Waals surface area contributed by atoms with E-state index in [-0.39, 0.29) is 11.6 Å². The Morgan fingerprint density at radius 2 is 1.41 bits per heavy atom. The fourth-order valence-electron chi connectivity index (χ4n) is 3.24. The maximum Gasteiger partial charge on any atom is 0.165 e. The number of aromatic nitrogens is 4. The van der Waals surface area contributed by atoms with Crippen LogP contribution < -0.4 is 4.90 Å². The van der Waals surface area contributed by atoms with Crippen molar-refractivity contribution in [3.8, 4) is 0 Å². The molecule has 0 radical (unpaired) electrons. The standard InChI is InChI=1S/C19H20F2N6/c20-16-3-1-15(2-4-16)13-27-19(22-23-24-27)14-25-9-11-26(12-10-25)18-7-5-17(21)6-8-18/h1-8H,9-14H2. The Morgan fingerprint density at radius 1 is 0.778 bits per heavy atom. The van der Waals surface area contributed by atoms with Crippen LogP contribution in [-0.2, 0) is 13.1 Å². The number of halogens is 2. The molecule has 2 heterocycles. The van der Waals surface area contributed by atoms with Gasteiger partial charge < -0.3 is 4.90 Å². The highest BCUT2D eigenvalue weighted by Crippen LogP contribution is 2.17. The van der Waals surface area contributed by atoms with E-state index in [1.165, 1.54) is 24.3 Å². The zero-order valence-electron chi connectivity index (χ0n) is 14.8. The van der Waals surface area contributed by atoms with E-state index < -0.39 is 0 Å². The van der Waals surface area contributed by atoms with Crippen molar-refractivity contribution in [2.45, 2.75) is 13.1 Å². The van der Waals surface area contributed by atoms with Crippen molar-refractivity contribution in [3.63, 3.8) is 0 Å². The maximum atomic E-state index is 13.1. The first-order chi connectivity index (χ1) is 13.2. The summed E-state index contributed by atoms with van der Waals surface area (Å²) in [6.45, 7) is 4.65. The number of benzene rings is 2. The Hall–Kier alpha value is -2.87. The molecule has 6 nitrogen and oxygen atoms in total. The molecule has 4 rings (SSSR count). The summed E-state index contributed by atoms with van der Waals surface area (Å²) in [5.41, 5.74) is 1.99. The molecule has 1 aliphatic rings. The molecule has 1 fully saturated rings. The van der Waals surface area contributed by atoms with Crippen LogP contribution in [-0.4, -0.2) is 51.3 Å². The molecule has 27 heavy (non-hydrogen) atoms. The highest BCUT2D eigenvalue weighted by molar-refractivity contribution is 5.46. The predicted octanol–water partition coefficient (Wildman–Crippen LogP) is 2.32. The molecule has 0 bridgehead atoms. The maximum absolute atomic E-state index is 13.1. The van der Waals surface area contributed by atoms with E-state index in [9.17, 15) is 8.78 Å². The van der Waals surface area contributed by atoms with Crippen molar-refractivity contribution in [1.29, 1.82) is 0 Å². The van der Waals surface area contributed by atoms with E-state index in [4.69, 9.17) is 0 Å². The summed E-state index contributed by atoms with van der Waals surface area (Å²) < 4.78 is 27.9. The van der Waals surface area contributed by atoms with Crippen LogP contribution in [0.3, 0.4) is 0 Å². The van der Waals surface area contributed by atoms with Crippen LogP contribution in [0.4, 0.5) is 14.5 Å². The average molecular weight is 370 g/mol. The van der Waals surface area contributed by atoms with Crippen LogP contribution in [0, 0.1) is 11.6 Å². The van der Waals surface area contributed by atoms with Crippen LogP contribution in [0.1, 0.15) is 11.4 Å². The zero-order valence-corrected chi connectivity index (χ0v) is 14.8. The lowest BCUT2D eigenvalue weighted by molar-refractivity contribution is 0.240. The second kappa shape index (κ2) is 7.79. The van der Waals surface area contributed by atoms with Gasteiger partial charge in [0.15, 0.2) is 5.82 Å². The van der Waals surface area contributed by atoms with E-state index in [1.54, 1.807) is 16.8 Å². The van der Waals surface area contributed by atoms with Crippen LogP contribution >= 0.6 is 0 Å². The summed E-state index contributed by atoms with van der Waals surface area (Å²) in [6.07, 6.45) is 0. The Labute approximate surface area is 156 Å². The third kappa shape index (κ3) is 4.28. The fourth-order valence-corrected chi connectivity index (χ4v) is 3.24. The Bertz CT molecular complexity index is 870. The zero-order chi connectivity index (χ0) is 18.6. The lowest BCUT2D eigenvalue weighted by Crippen LogP contribution is -2.46. The highest BCUT2D eigenvalue weighted by atomic mass is 19.1. The van der Waals surface area contributed by atoms with Gasteiger partial charge in [0.05, 0.1) is 13.1 Å². The van der Waals surface area contributed by atoms with Gasteiger partial charge in [-0.3, -0.25) is 4.90 Å². The highest BCUT2D eigenvalue weighted by Gasteiger charge is 2.19. The normalized spacial score (nSPS) is 15.3. The van der Waals surface area contributed by atoms with Crippen LogP contribution in [0.2, 0.25) is 0 Å². The summed E-state index contributed by atoms with van der Waals surface area (Å²) in [5.74, 6) is 0.314. The topological polar surface area (TPSA) is 50.1 Å². The molecule has 140 valence electrons. The third-order valence-electron chi connectivity index (χ3n) is 4.78. The first-order valence-corrected chi connectivity index (χ1v) is 8.90. The van der Waals surface area contributed by atoms with Gasteiger partial charge in [-0.1, -0.05) is 12.1 Å². The number of piperazine rings is 1. The van der Waals surface area contributed by atoms with Gasteiger partial charge in [-0.2, -0.15) is 0 Å². The Morgan fingerprint density at radius 3 is 2.07 bits per heavy atom. The first-order valence-electron chi connectivity index (χ1n) is 8.90. The van der Waals surface area contributed by atoms with Gasteiger partial charge in [0.1, 0.15) is 11.6 Å². The van der Waals surface area contributed by atoms with E-state index in [0.29, 0.717) is 13.1 Å². The molecule has 0 amide bonds. The van der Waals surface area contributed by atoms with Crippen molar-refractivity contribution in [3.05, 3.63) is 71.6 Å². The molecule has 0 spiro atoms. The average Bonchev–Trinajstić information content (AvgIpc) is 3.12. The molecule has 3 aromatic rings. The van der Waals surface area contributed by atoms with E-state index in [1.807, 2.05) is 12.1 Å². The summed E-state index contributed by atoms with van der Waals surface area (Å²) >= 11 is 0. The van der Waals surface area contributed by atoms with Gasteiger partial charge in [0.25, 0.3) is 0 Å². The largest absolute Gasteiger partial charge is 0.369 e. The van der Waals surface area contributed by atoms with Gasteiger partial charge in [0.2, 0.25) is 0 Å². The Kier molecular flexibility index (Phi) is 5.06. The minimum atomic E-state index is -0.255. The fraction of sp³-hybridized carbons (Fsp3) is 0.316. The molecule has 0 unspecified atom stereocenters. The first kappa shape index (κ1) is 17.5.